The molecule has 0 saturated carbocycles. The monoisotopic (exact) mass is 439 g/mol. The number of β-amino-alcohol motifs (C(OH)–C–C–N with tert-alkyl or cyclic N) is 1. The summed E-state index contributed by atoms with van der Waals surface area (Å²) in [7, 11) is 0. The van der Waals surface area contributed by atoms with Gasteiger partial charge in [0.15, 0.2) is 0 Å². The second kappa shape index (κ2) is 9.60. The minimum atomic E-state index is -4.44. The number of hydrogen-bond acceptors (Lipinski definition) is 5. The van der Waals surface area contributed by atoms with Gasteiger partial charge >= 0.3 is 6.18 Å². The average molecular weight is 440 g/mol. The third-order valence-electron chi connectivity index (χ3n) is 5.62. The Morgan fingerprint density at radius 3 is 2.47 bits per heavy atom. The SMILES string of the molecule is C=CC1=C(C=C)N(CC(O)CN2CCC(CN)CC2)c2cc(C(F)(F)F)ccc2S1. The maximum atomic E-state index is 13.3. The summed E-state index contributed by atoms with van der Waals surface area (Å²) in [5.41, 5.74) is 6.11. The third kappa shape index (κ3) is 5.11. The first-order valence-corrected chi connectivity index (χ1v) is 10.8. The summed E-state index contributed by atoms with van der Waals surface area (Å²) in [6.07, 6.45) is 0.102. The van der Waals surface area contributed by atoms with Crippen LogP contribution in [0.4, 0.5) is 18.9 Å². The first-order valence-electron chi connectivity index (χ1n) is 10.0. The molecule has 2 heterocycles. The van der Waals surface area contributed by atoms with Crippen molar-refractivity contribution in [1.82, 2.24) is 4.90 Å². The summed E-state index contributed by atoms with van der Waals surface area (Å²) in [5, 5.41) is 10.8. The Hall–Kier alpha value is -1.74. The molecule has 1 saturated heterocycles. The van der Waals surface area contributed by atoms with E-state index in [-0.39, 0.29) is 6.54 Å². The average Bonchev–Trinajstić information content (AvgIpc) is 2.72. The van der Waals surface area contributed by atoms with E-state index in [9.17, 15) is 18.3 Å². The van der Waals surface area contributed by atoms with Gasteiger partial charge in [0.25, 0.3) is 0 Å². The molecule has 30 heavy (non-hydrogen) atoms. The standard InChI is InChI=1S/C22H28F3N3OS/c1-3-18-20(4-2)30-21-6-5-16(22(23,24)25)11-19(21)28(18)14-17(29)13-27-9-7-15(12-26)8-10-27/h3-6,11,15,17,29H,1-2,7-10,12-14,26H2. The lowest BCUT2D eigenvalue weighted by atomic mass is 9.97. The second-order valence-corrected chi connectivity index (χ2v) is 8.77. The number of hydrogen-bond donors (Lipinski definition) is 2. The van der Waals surface area contributed by atoms with Gasteiger partial charge in [0.2, 0.25) is 0 Å². The van der Waals surface area contributed by atoms with E-state index in [1.54, 1.807) is 17.1 Å². The molecule has 1 atom stereocenters. The summed E-state index contributed by atoms with van der Waals surface area (Å²) < 4.78 is 39.9. The number of thioether (sulfide) groups is 1. The fraction of sp³-hybridized carbons (Fsp3) is 0.455. The van der Waals surface area contributed by atoms with Crippen molar-refractivity contribution in [3.05, 3.63) is 59.7 Å². The molecule has 0 amide bonds. The normalized spacial score (nSPS) is 19.6. The number of aliphatic hydroxyl groups is 1. The number of allylic oxidation sites excluding steroid dienone is 2. The van der Waals surface area contributed by atoms with E-state index in [1.807, 2.05) is 0 Å². The molecule has 8 heteroatoms. The third-order valence-corrected chi connectivity index (χ3v) is 6.78. The van der Waals surface area contributed by atoms with E-state index >= 15 is 0 Å². The highest BCUT2D eigenvalue weighted by atomic mass is 32.2. The van der Waals surface area contributed by atoms with Crippen LogP contribution >= 0.6 is 11.8 Å². The molecule has 0 spiro atoms. The van der Waals surface area contributed by atoms with Crippen LogP contribution in [-0.2, 0) is 6.18 Å². The number of nitrogens with two attached hydrogens (primary N) is 1. The number of alkyl halides is 3. The lowest BCUT2D eigenvalue weighted by Gasteiger charge is -2.37. The maximum absolute atomic E-state index is 13.3. The van der Waals surface area contributed by atoms with Crippen LogP contribution in [0.3, 0.4) is 0 Å². The van der Waals surface area contributed by atoms with Gasteiger partial charge in [-0.2, -0.15) is 13.2 Å². The van der Waals surface area contributed by atoms with Crippen molar-refractivity contribution in [2.75, 3.05) is 37.6 Å². The van der Waals surface area contributed by atoms with Gasteiger partial charge in [0.05, 0.1) is 29.6 Å². The van der Waals surface area contributed by atoms with Crippen LogP contribution in [0.25, 0.3) is 0 Å². The van der Waals surface area contributed by atoms with Crippen LogP contribution < -0.4 is 10.6 Å². The Labute approximate surface area is 179 Å². The predicted molar refractivity (Wildman–Crippen MR) is 116 cm³/mol. The molecule has 1 fully saturated rings. The Kier molecular flexibility index (Phi) is 7.34. The molecule has 0 bridgehead atoms. The highest BCUT2D eigenvalue weighted by molar-refractivity contribution is 8.03. The first-order chi connectivity index (χ1) is 14.3. The molecule has 2 aliphatic heterocycles. The van der Waals surface area contributed by atoms with Gasteiger partial charge in [-0.15, -0.1) is 0 Å². The minimum Gasteiger partial charge on any atom is -0.390 e. The highest BCUT2D eigenvalue weighted by Crippen LogP contribution is 2.46. The summed E-state index contributed by atoms with van der Waals surface area (Å²) in [6.45, 7) is 10.7. The number of anilines is 1. The van der Waals surface area contributed by atoms with Crippen LogP contribution in [-0.4, -0.2) is 48.8 Å². The lowest BCUT2D eigenvalue weighted by Crippen LogP contribution is -2.44. The van der Waals surface area contributed by atoms with Crippen molar-refractivity contribution in [1.29, 1.82) is 0 Å². The number of likely N-dealkylation sites (tertiary alicyclic amines) is 1. The van der Waals surface area contributed by atoms with Crippen LogP contribution in [0.5, 0.6) is 0 Å². The maximum Gasteiger partial charge on any atom is 0.416 e. The fourth-order valence-electron chi connectivity index (χ4n) is 3.95. The number of benzene rings is 1. The molecular weight excluding hydrogens is 411 g/mol. The smallest absolute Gasteiger partial charge is 0.390 e. The van der Waals surface area contributed by atoms with Crippen molar-refractivity contribution in [2.45, 2.75) is 30.0 Å². The number of piperidine rings is 1. The molecule has 0 aromatic heterocycles. The van der Waals surface area contributed by atoms with E-state index in [0.29, 0.717) is 35.3 Å². The van der Waals surface area contributed by atoms with Crippen LogP contribution in [0.2, 0.25) is 0 Å². The van der Waals surface area contributed by atoms with Gasteiger partial charge in [-0.1, -0.05) is 31.0 Å². The molecule has 2 aliphatic rings. The zero-order chi connectivity index (χ0) is 21.9. The van der Waals surface area contributed by atoms with E-state index in [4.69, 9.17) is 5.73 Å². The molecule has 0 radical (unpaired) electrons. The van der Waals surface area contributed by atoms with Crippen molar-refractivity contribution < 1.29 is 18.3 Å². The van der Waals surface area contributed by atoms with Gasteiger partial charge in [0.1, 0.15) is 0 Å². The largest absolute Gasteiger partial charge is 0.416 e. The fourth-order valence-corrected chi connectivity index (χ4v) is 4.98. The predicted octanol–water partition coefficient (Wildman–Crippen LogP) is 4.23. The summed E-state index contributed by atoms with van der Waals surface area (Å²) >= 11 is 1.36. The van der Waals surface area contributed by atoms with Gasteiger partial charge in [0, 0.05) is 16.3 Å². The molecule has 1 unspecified atom stereocenters. The molecule has 4 nitrogen and oxygen atoms in total. The van der Waals surface area contributed by atoms with Gasteiger partial charge in [-0.25, -0.2) is 0 Å². The molecule has 1 aromatic rings. The van der Waals surface area contributed by atoms with Gasteiger partial charge < -0.3 is 20.6 Å². The lowest BCUT2D eigenvalue weighted by molar-refractivity contribution is -0.137. The van der Waals surface area contributed by atoms with Crippen LogP contribution in [0.15, 0.2) is 59.0 Å². The molecular formula is C22H28F3N3OS. The van der Waals surface area contributed by atoms with E-state index in [2.05, 4.69) is 18.1 Å². The van der Waals surface area contributed by atoms with Crippen LogP contribution in [0.1, 0.15) is 18.4 Å². The zero-order valence-corrected chi connectivity index (χ0v) is 17.7. The van der Waals surface area contributed by atoms with E-state index in [1.165, 1.54) is 17.8 Å². The summed E-state index contributed by atoms with van der Waals surface area (Å²) in [4.78, 5) is 5.41. The second-order valence-electron chi connectivity index (χ2n) is 7.68. The summed E-state index contributed by atoms with van der Waals surface area (Å²) in [6, 6.07) is 3.70. The first kappa shape index (κ1) is 22.9. The molecule has 164 valence electrons. The number of rotatable bonds is 7. The number of fused-ring (bicyclic) bond motifs is 1. The van der Waals surface area contributed by atoms with Crippen molar-refractivity contribution >= 4 is 17.4 Å². The number of aliphatic hydroxyl groups excluding tert-OH is 1. The van der Waals surface area contributed by atoms with Crippen LogP contribution in [0, 0.1) is 5.92 Å². The molecule has 3 rings (SSSR count). The van der Waals surface area contributed by atoms with Gasteiger partial charge in [-0.3, -0.25) is 0 Å². The van der Waals surface area contributed by atoms with Crippen molar-refractivity contribution in [3.8, 4) is 0 Å². The molecule has 3 N–H and O–H groups in total. The quantitative estimate of drug-likeness (QED) is 0.666. The molecule has 0 aliphatic carbocycles. The topological polar surface area (TPSA) is 52.7 Å². The number of halogens is 3. The van der Waals surface area contributed by atoms with E-state index < -0.39 is 17.8 Å². The minimum absolute atomic E-state index is 0.171. The Balaban J connectivity index is 1.83. The Morgan fingerprint density at radius 1 is 1.20 bits per heavy atom. The Bertz CT molecular complexity index is 816. The summed E-state index contributed by atoms with van der Waals surface area (Å²) in [5.74, 6) is 0.524. The molecule has 1 aromatic carbocycles. The number of nitrogens with zero attached hydrogens (tertiary/aromatic N) is 2. The zero-order valence-electron chi connectivity index (χ0n) is 16.9. The Morgan fingerprint density at radius 2 is 1.90 bits per heavy atom. The van der Waals surface area contributed by atoms with E-state index in [0.717, 1.165) is 43.0 Å². The van der Waals surface area contributed by atoms with Crippen molar-refractivity contribution in [3.63, 3.8) is 0 Å². The van der Waals surface area contributed by atoms with Gasteiger partial charge in [-0.05, 0) is 62.7 Å². The van der Waals surface area contributed by atoms with Crippen molar-refractivity contribution in [2.24, 2.45) is 11.7 Å². The highest BCUT2D eigenvalue weighted by Gasteiger charge is 2.34.